The van der Waals surface area contributed by atoms with Gasteiger partial charge in [-0.05, 0) is 26.2 Å². The Balaban J connectivity index is 1.86. The van der Waals surface area contributed by atoms with Gasteiger partial charge in [-0.15, -0.1) is 0 Å². The van der Waals surface area contributed by atoms with Crippen LogP contribution in [0, 0.1) is 5.41 Å². The van der Waals surface area contributed by atoms with Gasteiger partial charge < -0.3 is 4.74 Å². The summed E-state index contributed by atoms with van der Waals surface area (Å²) in [7, 11) is 0. The molecule has 0 spiro atoms. The minimum Gasteiger partial charge on any atom is -0.487 e. The number of likely N-dealkylation sites (tertiary alicyclic amines) is 1. The second kappa shape index (κ2) is 6.03. The quantitative estimate of drug-likeness (QED) is 0.785. The normalized spacial score (nSPS) is 22.9. The first kappa shape index (κ1) is 17.2. The first-order chi connectivity index (χ1) is 11.2. The molecule has 1 fully saturated rings. The third-order valence-corrected chi connectivity index (χ3v) is 5.05. The third-order valence-electron chi connectivity index (χ3n) is 5.05. The maximum absolute atomic E-state index is 6.44. The molecule has 130 valence electrons. The molecule has 2 atom stereocenters. The van der Waals surface area contributed by atoms with Gasteiger partial charge in [-0.2, -0.15) is 0 Å². The van der Waals surface area contributed by atoms with Gasteiger partial charge in [0.1, 0.15) is 11.9 Å². The third kappa shape index (κ3) is 3.41. The van der Waals surface area contributed by atoms with E-state index in [1.165, 1.54) is 0 Å². The van der Waals surface area contributed by atoms with E-state index in [4.69, 9.17) is 4.74 Å². The molecule has 0 saturated carbocycles. The highest BCUT2D eigenvalue weighted by molar-refractivity contribution is 5.87. The number of fused-ring (bicyclic) bond motifs is 1. The standard InChI is InChI=1S/C21H30N2O/c1-20(2,3)19-11-16(14-23(19)21(4,5)6)24-18-13-22-12-15-9-7-8-10-17(15)18/h7-10,12-13,16,19H,11,14H2,1-6H3. The van der Waals surface area contributed by atoms with Crippen LogP contribution in [-0.4, -0.2) is 34.1 Å². The Hall–Kier alpha value is -1.61. The summed E-state index contributed by atoms with van der Waals surface area (Å²) in [5.41, 5.74) is 0.384. The number of nitrogens with zero attached hydrogens (tertiary/aromatic N) is 2. The van der Waals surface area contributed by atoms with Crippen molar-refractivity contribution >= 4 is 10.8 Å². The van der Waals surface area contributed by atoms with Gasteiger partial charge in [-0.25, -0.2) is 0 Å². The topological polar surface area (TPSA) is 25.4 Å². The average Bonchev–Trinajstić information content (AvgIpc) is 2.92. The smallest absolute Gasteiger partial charge is 0.145 e. The van der Waals surface area contributed by atoms with Gasteiger partial charge in [0.25, 0.3) is 0 Å². The Morgan fingerprint density at radius 3 is 2.38 bits per heavy atom. The lowest BCUT2D eigenvalue weighted by atomic mass is 9.83. The van der Waals surface area contributed by atoms with Gasteiger partial charge in [0, 0.05) is 41.5 Å². The summed E-state index contributed by atoms with van der Waals surface area (Å²) in [6, 6.07) is 8.82. The van der Waals surface area contributed by atoms with Crippen molar-refractivity contribution in [2.75, 3.05) is 6.54 Å². The minimum absolute atomic E-state index is 0.146. The molecule has 0 radical (unpaired) electrons. The first-order valence-corrected chi connectivity index (χ1v) is 8.92. The number of ether oxygens (including phenoxy) is 1. The summed E-state index contributed by atoms with van der Waals surface area (Å²) in [5, 5.41) is 2.28. The van der Waals surface area contributed by atoms with Crippen LogP contribution in [0.5, 0.6) is 5.75 Å². The SMILES string of the molecule is CC(C)(C)C1CC(Oc2cncc3ccccc23)CN1C(C)(C)C. The van der Waals surface area contributed by atoms with Crippen molar-refractivity contribution in [3.63, 3.8) is 0 Å². The fraction of sp³-hybridized carbons (Fsp3) is 0.571. The number of benzene rings is 1. The molecule has 1 saturated heterocycles. The van der Waals surface area contributed by atoms with E-state index in [2.05, 4.69) is 69.6 Å². The summed E-state index contributed by atoms with van der Waals surface area (Å²) in [4.78, 5) is 6.96. The summed E-state index contributed by atoms with van der Waals surface area (Å²) < 4.78 is 6.44. The number of rotatable bonds is 2. The Labute approximate surface area is 146 Å². The van der Waals surface area contributed by atoms with Crippen LogP contribution in [0.2, 0.25) is 0 Å². The lowest BCUT2D eigenvalue weighted by molar-refractivity contribution is 0.0559. The molecule has 2 heterocycles. The van der Waals surface area contributed by atoms with Crippen molar-refractivity contribution < 1.29 is 4.74 Å². The largest absolute Gasteiger partial charge is 0.487 e. The minimum atomic E-state index is 0.146. The molecule has 1 aliphatic rings. The highest BCUT2D eigenvalue weighted by atomic mass is 16.5. The van der Waals surface area contributed by atoms with Crippen LogP contribution in [0.4, 0.5) is 0 Å². The van der Waals surface area contributed by atoms with Crippen LogP contribution >= 0.6 is 0 Å². The average molecular weight is 326 g/mol. The summed E-state index contributed by atoms with van der Waals surface area (Å²) in [5.74, 6) is 0.904. The van der Waals surface area contributed by atoms with Crippen molar-refractivity contribution in [1.29, 1.82) is 0 Å². The Morgan fingerprint density at radius 2 is 1.75 bits per heavy atom. The lowest BCUT2D eigenvalue weighted by Gasteiger charge is -2.42. The van der Waals surface area contributed by atoms with E-state index in [0.29, 0.717) is 6.04 Å². The van der Waals surface area contributed by atoms with E-state index in [9.17, 15) is 0 Å². The molecule has 3 nitrogen and oxygen atoms in total. The van der Waals surface area contributed by atoms with Gasteiger partial charge in [-0.3, -0.25) is 9.88 Å². The molecule has 1 aliphatic heterocycles. The van der Waals surface area contributed by atoms with Crippen LogP contribution in [0.3, 0.4) is 0 Å². The fourth-order valence-corrected chi connectivity index (χ4v) is 3.81. The summed E-state index contributed by atoms with van der Waals surface area (Å²) in [6.07, 6.45) is 5.02. The van der Waals surface area contributed by atoms with Gasteiger partial charge in [0.15, 0.2) is 0 Å². The van der Waals surface area contributed by atoms with E-state index in [1.807, 2.05) is 18.5 Å². The molecule has 3 heteroatoms. The molecule has 1 aromatic carbocycles. The van der Waals surface area contributed by atoms with E-state index < -0.39 is 0 Å². The molecule has 0 amide bonds. The van der Waals surface area contributed by atoms with E-state index in [-0.39, 0.29) is 17.1 Å². The Bertz CT molecular complexity index is 684. The summed E-state index contributed by atoms with van der Waals surface area (Å²) >= 11 is 0. The number of hydrogen-bond donors (Lipinski definition) is 0. The van der Waals surface area contributed by atoms with Crippen LogP contribution < -0.4 is 4.74 Å². The zero-order valence-electron chi connectivity index (χ0n) is 15.8. The molecule has 2 unspecified atom stereocenters. The van der Waals surface area contributed by atoms with Crippen LogP contribution in [0.1, 0.15) is 48.0 Å². The molecule has 0 aliphatic carbocycles. The molecular formula is C21H30N2O. The molecule has 1 aromatic heterocycles. The second-order valence-electron chi connectivity index (χ2n) is 9.04. The van der Waals surface area contributed by atoms with Crippen LogP contribution in [-0.2, 0) is 0 Å². The van der Waals surface area contributed by atoms with E-state index in [0.717, 1.165) is 29.5 Å². The Kier molecular flexibility index (Phi) is 4.33. The maximum atomic E-state index is 6.44. The predicted molar refractivity (Wildman–Crippen MR) is 100 cm³/mol. The maximum Gasteiger partial charge on any atom is 0.145 e. The highest BCUT2D eigenvalue weighted by Gasteiger charge is 2.44. The molecule has 2 aromatic rings. The van der Waals surface area contributed by atoms with Gasteiger partial charge in [0.05, 0.1) is 6.20 Å². The molecule has 24 heavy (non-hydrogen) atoms. The first-order valence-electron chi connectivity index (χ1n) is 8.92. The summed E-state index contributed by atoms with van der Waals surface area (Å²) in [6.45, 7) is 14.9. The van der Waals surface area contributed by atoms with Crippen LogP contribution in [0.25, 0.3) is 10.8 Å². The van der Waals surface area contributed by atoms with Crippen molar-refractivity contribution in [2.24, 2.45) is 5.41 Å². The van der Waals surface area contributed by atoms with Gasteiger partial charge in [-0.1, -0.05) is 45.0 Å². The molecule has 3 rings (SSSR count). The van der Waals surface area contributed by atoms with Gasteiger partial charge >= 0.3 is 0 Å². The van der Waals surface area contributed by atoms with Crippen molar-refractivity contribution in [3.05, 3.63) is 36.7 Å². The fourth-order valence-electron chi connectivity index (χ4n) is 3.81. The Morgan fingerprint density at radius 1 is 1.04 bits per heavy atom. The van der Waals surface area contributed by atoms with Crippen molar-refractivity contribution in [3.8, 4) is 5.75 Å². The van der Waals surface area contributed by atoms with Crippen LogP contribution in [0.15, 0.2) is 36.7 Å². The van der Waals surface area contributed by atoms with Gasteiger partial charge in [0.2, 0.25) is 0 Å². The molecule has 0 N–H and O–H groups in total. The zero-order chi connectivity index (χ0) is 17.5. The lowest BCUT2D eigenvalue weighted by Crippen LogP contribution is -2.49. The van der Waals surface area contributed by atoms with Crippen molar-refractivity contribution in [2.45, 2.75) is 65.6 Å². The zero-order valence-corrected chi connectivity index (χ0v) is 15.8. The number of hydrogen-bond acceptors (Lipinski definition) is 3. The number of aromatic nitrogens is 1. The van der Waals surface area contributed by atoms with Crippen molar-refractivity contribution in [1.82, 2.24) is 9.88 Å². The number of pyridine rings is 1. The predicted octanol–water partition coefficient (Wildman–Crippen LogP) is 4.90. The highest BCUT2D eigenvalue weighted by Crippen LogP contribution is 2.39. The molecular weight excluding hydrogens is 296 g/mol. The van der Waals surface area contributed by atoms with E-state index >= 15 is 0 Å². The monoisotopic (exact) mass is 326 g/mol. The van der Waals surface area contributed by atoms with E-state index in [1.54, 1.807) is 0 Å². The second-order valence-corrected chi connectivity index (χ2v) is 9.04. The molecule has 0 bridgehead atoms.